The van der Waals surface area contributed by atoms with Crippen LogP contribution in [0.4, 0.5) is 0 Å². The van der Waals surface area contributed by atoms with E-state index in [2.05, 4.69) is 23.0 Å². The van der Waals surface area contributed by atoms with Crippen molar-refractivity contribution in [1.82, 2.24) is 9.97 Å². The minimum atomic E-state index is 0.191. The number of aromatic nitrogens is 2. The Kier molecular flexibility index (Phi) is 2.00. The van der Waals surface area contributed by atoms with Crippen LogP contribution in [0.25, 0.3) is 11.0 Å². The summed E-state index contributed by atoms with van der Waals surface area (Å²) in [7, 11) is 1.70. The van der Waals surface area contributed by atoms with E-state index in [0.717, 1.165) is 16.6 Å². The number of rotatable bonds is 1. The molecule has 0 saturated carbocycles. The molecule has 0 bridgehead atoms. The van der Waals surface area contributed by atoms with Crippen molar-refractivity contribution in [3.05, 3.63) is 29.6 Å². The number of hydrogen-bond acceptors (Lipinski definition) is 3. The summed E-state index contributed by atoms with van der Waals surface area (Å²) in [6, 6.07) is 2.13. The molecule has 2 aromatic rings. The maximum Gasteiger partial charge on any atom is 0.354 e. The summed E-state index contributed by atoms with van der Waals surface area (Å²) >= 11 is 0. The van der Waals surface area contributed by atoms with Crippen molar-refractivity contribution in [3.8, 4) is 0 Å². The van der Waals surface area contributed by atoms with Gasteiger partial charge in [0.05, 0.1) is 6.61 Å². The first-order chi connectivity index (χ1) is 7.34. The molecule has 1 N–H and O–H groups in total. The molecule has 1 saturated heterocycles. The fourth-order valence-corrected chi connectivity index (χ4v) is 1.79. The van der Waals surface area contributed by atoms with Gasteiger partial charge < -0.3 is 9.79 Å². The van der Waals surface area contributed by atoms with Gasteiger partial charge in [0.2, 0.25) is 0 Å². The van der Waals surface area contributed by atoms with Crippen LogP contribution in [0, 0.1) is 6.92 Å². The van der Waals surface area contributed by atoms with Crippen molar-refractivity contribution in [2.24, 2.45) is 0 Å². The van der Waals surface area contributed by atoms with Gasteiger partial charge in [-0.3, -0.25) is 4.89 Å². The third kappa shape index (κ3) is 1.44. The number of pyridine rings is 1. The summed E-state index contributed by atoms with van der Waals surface area (Å²) in [5.41, 5.74) is 3.26. The molecule has 0 aromatic carbocycles. The maximum absolute atomic E-state index is 4.84. The lowest BCUT2D eigenvalue weighted by molar-refractivity contribution is -0.183. The first-order valence-corrected chi connectivity index (χ1v) is 4.90. The van der Waals surface area contributed by atoms with Crippen LogP contribution in [-0.2, 0) is 9.69 Å². The topological polar surface area (TPSA) is 47.1 Å². The minimum absolute atomic E-state index is 0.191. The highest BCUT2D eigenvalue weighted by Crippen LogP contribution is 2.24. The number of H-pyrrole nitrogens is 1. The maximum atomic E-state index is 4.84. The Morgan fingerprint density at radius 1 is 1.60 bits per heavy atom. The standard InChI is InChI=1S/C10H10BN2O2/c1-6-3-12-10-8(6)2-7(4-13-10)9-5-14-15-11-9/h2-4,9H,5H2,1H3,(H,12,13). The normalized spacial score (nSPS) is 20.7. The van der Waals surface area contributed by atoms with Crippen molar-refractivity contribution in [2.45, 2.75) is 12.7 Å². The van der Waals surface area contributed by atoms with E-state index in [9.17, 15) is 0 Å². The summed E-state index contributed by atoms with van der Waals surface area (Å²) in [6.07, 6.45) is 3.82. The van der Waals surface area contributed by atoms with Crippen LogP contribution in [0.15, 0.2) is 18.5 Å². The predicted octanol–water partition coefficient (Wildman–Crippen LogP) is 1.49. The molecule has 1 aliphatic rings. The number of nitrogens with zero attached hydrogens (tertiary/aromatic N) is 1. The molecule has 3 heterocycles. The van der Waals surface area contributed by atoms with Crippen molar-refractivity contribution in [3.63, 3.8) is 0 Å². The fourth-order valence-electron chi connectivity index (χ4n) is 1.79. The Morgan fingerprint density at radius 2 is 2.53 bits per heavy atom. The van der Waals surface area contributed by atoms with E-state index in [1.807, 2.05) is 12.4 Å². The molecule has 75 valence electrons. The van der Waals surface area contributed by atoms with E-state index in [0.29, 0.717) is 6.61 Å². The molecule has 1 atom stereocenters. The highest BCUT2D eigenvalue weighted by molar-refractivity contribution is 6.30. The average molecular weight is 201 g/mol. The highest BCUT2D eigenvalue weighted by atomic mass is 17.2. The Bertz CT molecular complexity index is 491. The van der Waals surface area contributed by atoms with Crippen LogP contribution in [0.3, 0.4) is 0 Å². The molecule has 1 unspecified atom stereocenters. The molecule has 1 aliphatic heterocycles. The number of aryl methyl sites for hydroxylation is 1. The van der Waals surface area contributed by atoms with E-state index in [1.54, 1.807) is 7.48 Å². The zero-order valence-corrected chi connectivity index (χ0v) is 8.36. The summed E-state index contributed by atoms with van der Waals surface area (Å²) in [4.78, 5) is 17.1. The van der Waals surface area contributed by atoms with Crippen LogP contribution < -0.4 is 0 Å². The summed E-state index contributed by atoms with van der Waals surface area (Å²) in [6.45, 7) is 2.63. The Labute approximate surface area is 87.8 Å². The zero-order chi connectivity index (χ0) is 10.3. The molecule has 15 heavy (non-hydrogen) atoms. The van der Waals surface area contributed by atoms with Crippen LogP contribution >= 0.6 is 0 Å². The quantitative estimate of drug-likeness (QED) is 0.561. The summed E-state index contributed by atoms with van der Waals surface area (Å²) in [5, 5.41) is 1.16. The van der Waals surface area contributed by atoms with Crippen LogP contribution in [-0.4, -0.2) is 24.1 Å². The number of nitrogens with one attached hydrogen (secondary N) is 1. The van der Waals surface area contributed by atoms with E-state index < -0.39 is 0 Å². The first kappa shape index (κ1) is 8.94. The molecule has 0 aliphatic carbocycles. The van der Waals surface area contributed by atoms with Crippen LogP contribution in [0.2, 0.25) is 0 Å². The number of hydrogen-bond donors (Lipinski definition) is 1. The summed E-state index contributed by atoms with van der Waals surface area (Å²) < 4.78 is 0. The van der Waals surface area contributed by atoms with Gasteiger partial charge in [0.25, 0.3) is 0 Å². The lowest BCUT2D eigenvalue weighted by Crippen LogP contribution is -2.04. The van der Waals surface area contributed by atoms with Crippen molar-refractivity contribution in [2.75, 3.05) is 6.61 Å². The van der Waals surface area contributed by atoms with Gasteiger partial charge in [-0.2, -0.15) is 0 Å². The number of aromatic amines is 1. The van der Waals surface area contributed by atoms with Gasteiger partial charge in [-0.15, -0.1) is 0 Å². The van der Waals surface area contributed by atoms with Crippen molar-refractivity contribution < 1.29 is 9.69 Å². The van der Waals surface area contributed by atoms with Gasteiger partial charge in [0.15, 0.2) is 0 Å². The smallest absolute Gasteiger partial charge is 0.346 e. The van der Waals surface area contributed by atoms with Crippen LogP contribution in [0.5, 0.6) is 0 Å². The minimum Gasteiger partial charge on any atom is -0.346 e. The van der Waals surface area contributed by atoms with Crippen molar-refractivity contribution in [1.29, 1.82) is 0 Å². The Morgan fingerprint density at radius 3 is 3.33 bits per heavy atom. The molecule has 0 amide bonds. The molecule has 3 rings (SSSR count). The molecule has 4 nitrogen and oxygen atoms in total. The second-order valence-corrected chi connectivity index (χ2v) is 3.76. The summed E-state index contributed by atoms with van der Waals surface area (Å²) in [5.74, 6) is 0.191. The van der Waals surface area contributed by atoms with Gasteiger partial charge in [0, 0.05) is 23.6 Å². The molecule has 5 heteroatoms. The predicted molar refractivity (Wildman–Crippen MR) is 56.4 cm³/mol. The van der Waals surface area contributed by atoms with E-state index in [4.69, 9.17) is 9.69 Å². The fraction of sp³-hybridized carbons (Fsp3) is 0.300. The van der Waals surface area contributed by atoms with E-state index in [-0.39, 0.29) is 5.82 Å². The third-order valence-electron chi connectivity index (χ3n) is 2.72. The third-order valence-corrected chi connectivity index (χ3v) is 2.72. The van der Waals surface area contributed by atoms with Gasteiger partial charge >= 0.3 is 7.48 Å². The van der Waals surface area contributed by atoms with E-state index >= 15 is 0 Å². The average Bonchev–Trinajstić information content (AvgIpc) is 2.88. The van der Waals surface area contributed by atoms with Crippen molar-refractivity contribution >= 4 is 18.5 Å². The Balaban J connectivity index is 2.08. The van der Waals surface area contributed by atoms with E-state index in [1.165, 1.54) is 5.56 Å². The van der Waals surface area contributed by atoms with Crippen LogP contribution in [0.1, 0.15) is 16.9 Å². The Hall–Kier alpha value is -1.33. The van der Waals surface area contributed by atoms with Gasteiger partial charge in [-0.05, 0) is 24.1 Å². The van der Waals surface area contributed by atoms with Gasteiger partial charge in [0.1, 0.15) is 5.65 Å². The molecule has 0 spiro atoms. The lowest BCUT2D eigenvalue weighted by atomic mass is 9.77. The van der Waals surface area contributed by atoms with Gasteiger partial charge in [-0.1, -0.05) is 0 Å². The monoisotopic (exact) mass is 201 g/mol. The second-order valence-electron chi connectivity index (χ2n) is 3.76. The molecular formula is C10H10BN2O2. The molecule has 1 radical (unpaired) electrons. The number of fused-ring (bicyclic) bond motifs is 1. The SMILES string of the molecule is Cc1c[nH]c2ncc(C3[B]OOC3)cc12. The second kappa shape index (κ2) is 3.36. The molecule has 2 aromatic heterocycles. The van der Waals surface area contributed by atoms with Gasteiger partial charge in [-0.25, -0.2) is 4.98 Å². The zero-order valence-electron chi connectivity index (χ0n) is 8.36. The first-order valence-electron chi connectivity index (χ1n) is 4.90. The molecule has 1 fully saturated rings. The lowest BCUT2D eigenvalue weighted by Gasteiger charge is -2.04. The largest absolute Gasteiger partial charge is 0.354 e. The highest BCUT2D eigenvalue weighted by Gasteiger charge is 2.23. The molecular weight excluding hydrogens is 191 g/mol.